The molecule has 0 unspecified atom stereocenters. The summed E-state index contributed by atoms with van der Waals surface area (Å²) in [6, 6.07) is 16.0. The van der Waals surface area contributed by atoms with E-state index < -0.39 is 0 Å². The van der Waals surface area contributed by atoms with Crippen molar-refractivity contribution in [1.29, 1.82) is 5.26 Å². The van der Waals surface area contributed by atoms with Crippen molar-refractivity contribution in [3.05, 3.63) is 71.7 Å². The predicted molar refractivity (Wildman–Crippen MR) is 93.0 cm³/mol. The van der Waals surface area contributed by atoms with Crippen LogP contribution in [0.2, 0.25) is 0 Å². The van der Waals surface area contributed by atoms with Crippen molar-refractivity contribution in [1.82, 2.24) is 4.98 Å². The number of anilines is 1. The van der Waals surface area contributed by atoms with Crippen LogP contribution in [0.25, 0.3) is 11.3 Å². The Kier molecular flexibility index (Phi) is 3.79. The first kappa shape index (κ1) is 15.2. The predicted octanol–water partition coefficient (Wildman–Crippen LogP) is 4.34. The number of carbonyl (C=O) groups is 1. The highest BCUT2D eigenvalue weighted by molar-refractivity contribution is 6.04. The molecule has 5 nitrogen and oxygen atoms in total. The van der Waals surface area contributed by atoms with Crippen molar-refractivity contribution in [2.75, 3.05) is 5.32 Å². The third kappa shape index (κ3) is 3.29. The molecule has 0 spiro atoms. The van der Waals surface area contributed by atoms with Gasteiger partial charge in [0.1, 0.15) is 0 Å². The highest BCUT2D eigenvalue weighted by Crippen LogP contribution is 2.40. The van der Waals surface area contributed by atoms with E-state index in [9.17, 15) is 4.79 Å². The first-order chi connectivity index (χ1) is 12.2. The number of carbonyl (C=O) groups excluding carboxylic acids is 1. The Labute approximate surface area is 144 Å². The Bertz CT molecular complexity index is 963. The molecule has 1 N–H and O–H groups in total. The number of benzene rings is 2. The summed E-state index contributed by atoms with van der Waals surface area (Å²) in [6.07, 6.45) is 4.05. The van der Waals surface area contributed by atoms with Crippen LogP contribution in [-0.2, 0) is 0 Å². The van der Waals surface area contributed by atoms with Gasteiger partial charge in [-0.05, 0) is 55.3 Å². The van der Waals surface area contributed by atoms with Gasteiger partial charge in [0.05, 0.1) is 17.8 Å². The Morgan fingerprint density at radius 3 is 2.72 bits per heavy atom. The molecule has 122 valence electrons. The van der Waals surface area contributed by atoms with E-state index >= 15 is 0 Å². The van der Waals surface area contributed by atoms with Crippen LogP contribution in [-0.4, -0.2) is 10.9 Å². The fourth-order valence-corrected chi connectivity index (χ4v) is 2.59. The number of amides is 1. The summed E-state index contributed by atoms with van der Waals surface area (Å²) in [5.41, 5.74) is 2.51. The van der Waals surface area contributed by atoms with Crippen molar-refractivity contribution < 1.29 is 9.21 Å². The minimum Gasteiger partial charge on any atom is -0.440 e. The van der Waals surface area contributed by atoms with Crippen molar-refractivity contribution in [2.45, 2.75) is 18.8 Å². The van der Waals surface area contributed by atoms with Gasteiger partial charge in [-0.3, -0.25) is 4.79 Å². The van der Waals surface area contributed by atoms with Gasteiger partial charge in [0.15, 0.2) is 11.7 Å². The first-order valence-electron chi connectivity index (χ1n) is 8.10. The average molecular weight is 329 g/mol. The lowest BCUT2D eigenvalue weighted by Gasteiger charge is -2.06. The van der Waals surface area contributed by atoms with E-state index in [1.807, 2.05) is 30.3 Å². The smallest absolute Gasteiger partial charge is 0.255 e. The Hall–Kier alpha value is -3.39. The van der Waals surface area contributed by atoms with Gasteiger partial charge in [0, 0.05) is 22.7 Å². The van der Waals surface area contributed by atoms with E-state index in [1.54, 1.807) is 30.5 Å². The van der Waals surface area contributed by atoms with Crippen molar-refractivity contribution in [3.63, 3.8) is 0 Å². The van der Waals surface area contributed by atoms with E-state index in [0.29, 0.717) is 22.7 Å². The number of hydrogen-bond acceptors (Lipinski definition) is 4. The lowest BCUT2D eigenvalue weighted by atomic mass is 10.1. The molecule has 1 heterocycles. The summed E-state index contributed by atoms with van der Waals surface area (Å²) in [5, 5.41) is 11.7. The quantitative estimate of drug-likeness (QED) is 0.772. The Balaban J connectivity index is 1.47. The number of nitriles is 1. The average Bonchev–Trinajstić information content (AvgIpc) is 3.39. The summed E-state index contributed by atoms with van der Waals surface area (Å²) in [6.45, 7) is 0. The molecule has 1 fully saturated rings. The van der Waals surface area contributed by atoms with Crippen LogP contribution in [0.5, 0.6) is 0 Å². The Morgan fingerprint density at radius 2 is 2.00 bits per heavy atom. The topological polar surface area (TPSA) is 78.9 Å². The van der Waals surface area contributed by atoms with Gasteiger partial charge in [0.2, 0.25) is 0 Å². The second-order valence-electron chi connectivity index (χ2n) is 6.06. The molecule has 1 aliphatic rings. The molecular weight excluding hydrogens is 314 g/mol. The zero-order chi connectivity index (χ0) is 17.2. The van der Waals surface area contributed by atoms with Crippen LogP contribution in [0.15, 0.2) is 59.1 Å². The SMILES string of the molecule is N#Cc1cccc(C(=O)Nc2ccc(-c3cnc(C4CC4)o3)cc2)c1. The van der Waals surface area contributed by atoms with Gasteiger partial charge in [0.25, 0.3) is 5.91 Å². The summed E-state index contributed by atoms with van der Waals surface area (Å²) in [4.78, 5) is 16.6. The molecule has 0 saturated heterocycles. The van der Waals surface area contributed by atoms with E-state index in [0.717, 1.165) is 30.1 Å². The van der Waals surface area contributed by atoms with E-state index in [-0.39, 0.29) is 5.91 Å². The molecular formula is C20H15N3O2. The minimum absolute atomic E-state index is 0.250. The summed E-state index contributed by atoms with van der Waals surface area (Å²) >= 11 is 0. The molecule has 0 bridgehead atoms. The summed E-state index contributed by atoms with van der Waals surface area (Å²) < 4.78 is 5.78. The zero-order valence-electron chi connectivity index (χ0n) is 13.4. The minimum atomic E-state index is -0.250. The van der Waals surface area contributed by atoms with Crippen molar-refractivity contribution >= 4 is 11.6 Å². The third-order valence-corrected chi connectivity index (χ3v) is 4.13. The highest BCUT2D eigenvalue weighted by Gasteiger charge is 2.28. The molecule has 1 amide bonds. The molecule has 1 aromatic heterocycles. The Morgan fingerprint density at radius 1 is 1.20 bits per heavy atom. The fraction of sp³-hybridized carbons (Fsp3) is 0.150. The number of rotatable bonds is 4. The van der Waals surface area contributed by atoms with Gasteiger partial charge < -0.3 is 9.73 Å². The summed E-state index contributed by atoms with van der Waals surface area (Å²) in [5.74, 6) is 1.78. The molecule has 25 heavy (non-hydrogen) atoms. The number of aromatic nitrogens is 1. The van der Waals surface area contributed by atoms with Gasteiger partial charge in [-0.25, -0.2) is 4.98 Å². The third-order valence-electron chi connectivity index (χ3n) is 4.13. The monoisotopic (exact) mass is 329 g/mol. The van der Waals surface area contributed by atoms with Crippen molar-refractivity contribution in [2.24, 2.45) is 0 Å². The van der Waals surface area contributed by atoms with Crippen LogP contribution in [0.1, 0.15) is 40.6 Å². The number of hydrogen-bond donors (Lipinski definition) is 1. The van der Waals surface area contributed by atoms with Crippen LogP contribution in [0.4, 0.5) is 5.69 Å². The molecule has 0 atom stereocenters. The van der Waals surface area contributed by atoms with Crippen LogP contribution < -0.4 is 5.32 Å². The summed E-state index contributed by atoms with van der Waals surface area (Å²) in [7, 11) is 0. The number of oxazole rings is 1. The fourth-order valence-electron chi connectivity index (χ4n) is 2.59. The maximum atomic E-state index is 12.3. The van der Waals surface area contributed by atoms with Crippen LogP contribution in [0, 0.1) is 11.3 Å². The molecule has 0 radical (unpaired) electrons. The van der Waals surface area contributed by atoms with E-state index in [2.05, 4.69) is 10.3 Å². The van der Waals surface area contributed by atoms with Gasteiger partial charge >= 0.3 is 0 Å². The maximum absolute atomic E-state index is 12.3. The maximum Gasteiger partial charge on any atom is 0.255 e. The van der Waals surface area contributed by atoms with E-state index in [1.165, 1.54) is 0 Å². The van der Waals surface area contributed by atoms with Crippen LogP contribution in [0.3, 0.4) is 0 Å². The lowest BCUT2D eigenvalue weighted by molar-refractivity contribution is 0.102. The second-order valence-corrected chi connectivity index (χ2v) is 6.06. The van der Waals surface area contributed by atoms with Crippen molar-refractivity contribution in [3.8, 4) is 17.4 Å². The van der Waals surface area contributed by atoms with Gasteiger partial charge in [-0.15, -0.1) is 0 Å². The molecule has 1 aliphatic carbocycles. The second kappa shape index (κ2) is 6.25. The molecule has 2 aromatic carbocycles. The molecule has 4 rings (SSSR count). The highest BCUT2D eigenvalue weighted by atomic mass is 16.4. The largest absolute Gasteiger partial charge is 0.440 e. The standard InChI is InChI=1S/C20H15N3O2/c21-11-13-2-1-3-16(10-13)19(24)23-17-8-6-14(7-9-17)18-12-22-20(25-18)15-4-5-15/h1-3,6-10,12,15H,4-5H2,(H,23,24). The normalized spacial score (nSPS) is 13.2. The van der Waals surface area contributed by atoms with Gasteiger partial charge in [-0.2, -0.15) is 5.26 Å². The zero-order valence-corrected chi connectivity index (χ0v) is 13.4. The first-order valence-corrected chi connectivity index (χ1v) is 8.10. The van der Waals surface area contributed by atoms with E-state index in [4.69, 9.17) is 9.68 Å². The molecule has 0 aliphatic heterocycles. The molecule has 5 heteroatoms. The van der Waals surface area contributed by atoms with Gasteiger partial charge in [-0.1, -0.05) is 6.07 Å². The molecule has 1 saturated carbocycles. The number of nitrogens with one attached hydrogen (secondary N) is 1. The lowest BCUT2D eigenvalue weighted by Crippen LogP contribution is -2.11. The van der Waals surface area contributed by atoms with Crippen LogP contribution >= 0.6 is 0 Å². The number of nitrogens with zero attached hydrogens (tertiary/aromatic N) is 2. The molecule has 3 aromatic rings.